The quantitative estimate of drug-likeness (QED) is 0.204. The number of phenolic OH excluding ortho intramolecular Hbond substituents is 1. The number of hydrogen-bond donors (Lipinski definition) is 4. The number of rotatable bonds is 6. The smallest absolute Gasteiger partial charge is 0.252 e. The number of nitriles is 1. The molecule has 8 heteroatoms. The van der Waals surface area contributed by atoms with Gasteiger partial charge in [-0.1, -0.05) is 30.3 Å². The van der Waals surface area contributed by atoms with Crippen molar-refractivity contribution in [2.24, 2.45) is 5.73 Å². The van der Waals surface area contributed by atoms with Crippen LogP contribution in [-0.2, 0) is 0 Å². The van der Waals surface area contributed by atoms with E-state index in [4.69, 9.17) is 5.73 Å². The number of para-hydroxylation sites is 1. The van der Waals surface area contributed by atoms with Crippen molar-refractivity contribution in [3.05, 3.63) is 119 Å². The predicted molar refractivity (Wildman–Crippen MR) is 162 cm³/mol. The van der Waals surface area contributed by atoms with Crippen molar-refractivity contribution in [3.8, 4) is 22.9 Å². The van der Waals surface area contributed by atoms with Gasteiger partial charge in [0.1, 0.15) is 11.6 Å². The number of carbonyl (C=O) groups excluding carboxylic acids is 1. The molecular formula is C34H30FN5O2. The van der Waals surface area contributed by atoms with Crippen molar-refractivity contribution in [1.29, 1.82) is 5.26 Å². The van der Waals surface area contributed by atoms with Gasteiger partial charge in [0, 0.05) is 47.2 Å². The number of aromatic hydroxyl groups is 1. The Labute approximate surface area is 243 Å². The number of aromatic nitrogens is 1. The van der Waals surface area contributed by atoms with E-state index in [0.717, 1.165) is 59.7 Å². The number of nitrogens with two attached hydrogens (primary N) is 1. The van der Waals surface area contributed by atoms with Crippen LogP contribution in [0.1, 0.15) is 46.1 Å². The molecule has 4 aromatic carbocycles. The molecule has 1 aliphatic heterocycles. The summed E-state index contributed by atoms with van der Waals surface area (Å²) < 4.78 is 14.3. The minimum absolute atomic E-state index is 0.150. The molecule has 1 fully saturated rings. The Hall–Kier alpha value is -5.13. The molecule has 5 aromatic rings. The first-order chi connectivity index (χ1) is 20.4. The lowest BCUT2D eigenvalue weighted by Crippen LogP contribution is -2.39. The highest BCUT2D eigenvalue weighted by Crippen LogP contribution is 2.33. The van der Waals surface area contributed by atoms with Crippen LogP contribution in [0.3, 0.4) is 0 Å². The lowest BCUT2D eigenvalue weighted by Gasteiger charge is -2.32. The van der Waals surface area contributed by atoms with Crippen LogP contribution in [0.2, 0.25) is 0 Å². The number of nitrogens with zero attached hydrogens (tertiary/aromatic N) is 2. The number of H-pyrrole nitrogens is 1. The fourth-order valence-electron chi connectivity index (χ4n) is 5.56. The van der Waals surface area contributed by atoms with E-state index < -0.39 is 17.8 Å². The lowest BCUT2D eigenvalue weighted by molar-refractivity contribution is 0.0942. The number of halogens is 1. The highest BCUT2D eigenvalue weighted by atomic mass is 19.1. The zero-order valence-corrected chi connectivity index (χ0v) is 22.8. The van der Waals surface area contributed by atoms with Gasteiger partial charge in [-0.2, -0.15) is 5.26 Å². The Balaban J connectivity index is 1.32. The van der Waals surface area contributed by atoms with Crippen molar-refractivity contribution in [1.82, 2.24) is 10.3 Å². The number of piperidine rings is 1. The molecule has 0 aliphatic carbocycles. The van der Waals surface area contributed by atoms with Crippen molar-refractivity contribution >= 4 is 22.5 Å². The summed E-state index contributed by atoms with van der Waals surface area (Å²) >= 11 is 0. The standard InChI is InChI=1S/C34H30FN5O2/c35-26-7-10-32(41)29(19-26)33(31-18-23-3-1-2-4-30(23)38-31)39-34(42)25-16-21(20-36)15-24(17-25)22-5-8-28(9-6-22)40-13-11-27(37)12-14-40/h1-10,15-19,27,33,38,41H,11-14,37H2,(H,39,42)/t33-/m1/s1. The third kappa shape index (κ3) is 5.55. The normalized spacial score (nSPS) is 14.5. The fraction of sp³-hybridized carbons (Fsp3) is 0.176. The van der Waals surface area contributed by atoms with Gasteiger partial charge in [-0.05, 0) is 90.0 Å². The molecule has 0 radical (unpaired) electrons. The summed E-state index contributed by atoms with van der Waals surface area (Å²) in [6.45, 7) is 1.82. The van der Waals surface area contributed by atoms with Crippen LogP contribution in [0, 0.1) is 17.1 Å². The Morgan fingerprint density at radius 3 is 2.50 bits per heavy atom. The van der Waals surface area contributed by atoms with E-state index in [1.54, 1.807) is 12.1 Å². The van der Waals surface area contributed by atoms with E-state index in [2.05, 4.69) is 21.3 Å². The first-order valence-electron chi connectivity index (χ1n) is 13.9. The van der Waals surface area contributed by atoms with E-state index in [9.17, 15) is 19.6 Å². The molecule has 1 atom stereocenters. The molecule has 1 amide bonds. The molecule has 2 heterocycles. The van der Waals surface area contributed by atoms with Crippen molar-refractivity contribution in [3.63, 3.8) is 0 Å². The molecule has 1 aliphatic rings. The van der Waals surface area contributed by atoms with Crippen LogP contribution < -0.4 is 16.0 Å². The van der Waals surface area contributed by atoms with Gasteiger partial charge >= 0.3 is 0 Å². The number of phenols is 1. The summed E-state index contributed by atoms with van der Waals surface area (Å²) in [4.78, 5) is 19.3. The molecule has 0 saturated carbocycles. The number of carbonyl (C=O) groups is 1. The average Bonchev–Trinajstić information content (AvgIpc) is 3.45. The third-order valence-corrected chi connectivity index (χ3v) is 7.87. The minimum Gasteiger partial charge on any atom is -0.508 e. The Morgan fingerprint density at radius 1 is 1.00 bits per heavy atom. The first kappa shape index (κ1) is 27.1. The maximum atomic E-state index is 14.3. The zero-order valence-electron chi connectivity index (χ0n) is 22.8. The molecule has 1 aromatic heterocycles. The Kier molecular flexibility index (Phi) is 7.34. The molecule has 5 N–H and O–H groups in total. The Bertz CT molecular complexity index is 1770. The second-order valence-electron chi connectivity index (χ2n) is 10.7. The van der Waals surface area contributed by atoms with E-state index in [1.807, 2.05) is 54.6 Å². The largest absolute Gasteiger partial charge is 0.508 e. The summed E-state index contributed by atoms with van der Waals surface area (Å²) in [6.07, 6.45) is 1.91. The number of aromatic amines is 1. The van der Waals surface area contributed by atoms with E-state index in [1.165, 1.54) is 18.2 Å². The van der Waals surface area contributed by atoms with Gasteiger partial charge in [0.15, 0.2) is 0 Å². The summed E-state index contributed by atoms with van der Waals surface area (Å²) in [6, 6.07) is 27.7. The van der Waals surface area contributed by atoms with Gasteiger partial charge in [-0.15, -0.1) is 0 Å². The molecule has 7 nitrogen and oxygen atoms in total. The number of hydrogen-bond acceptors (Lipinski definition) is 5. The topological polar surface area (TPSA) is 118 Å². The predicted octanol–water partition coefficient (Wildman–Crippen LogP) is 6.00. The van der Waals surface area contributed by atoms with Gasteiger partial charge in [-0.3, -0.25) is 4.79 Å². The van der Waals surface area contributed by atoms with Crippen LogP contribution >= 0.6 is 0 Å². The van der Waals surface area contributed by atoms with Gasteiger partial charge in [0.25, 0.3) is 5.91 Å². The first-order valence-corrected chi connectivity index (χ1v) is 13.9. The second kappa shape index (κ2) is 11.4. The number of fused-ring (bicyclic) bond motifs is 1. The van der Waals surface area contributed by atoms with Crippen molar-refractivity contribution in [2.75, 3.05) is 18.0 Å². The molecular weight excluding hydrogens is 529 g/mol. The van der Waals surface area contributed by atoms with E-state index in [0.29, 0.717) is 11.3 Å². The highest BCUT2D eigenvalue weighted by molar-refractivity contribution is 5.96. The van der Waals surface area contributed by atoms with Gasteiger partial charge in [0.05, 0.1) is 17.7 Å². The van der Waals surface area contributed by atoms with Crippen LogP contribution in [0.15, 0.2) is 91.0 Å². The molecule has 210 valence electrons. The Morgan fingerprint density at radius 2 is 1.76 bits per heavy atom. The fourth-order valence-corrected chi connectivity index (χ4v) is 5.56. The van der Waals surface area contributed by atoms with Crippen LogP contribution in [0.25, 0.3) is 22.0 Å². The number of nitrogens with one attached hydrogen (secondary N) is 2. The monoisotopic (exact) mass is 559 g/mol. The molecule has 6 rings (SSSR count). The summed E-state index contributed by atoms with van der Waals surface area (Å²) in [5.41, 5.74) is 11.0. The van der Waals surface area contributed by atoms with E-state index >= 15 is 0 Å². The summed E-state index contributed by atoms with van der Waals surface area (Å²) in [7, 11) is 0. The number of benzene rings is 4. The third-order valence-electron chi connectivity index (χ3n) is 7.87. The SMILES string of the molecule is N#Cc1cc(C(=O)N[C@@H](c2cc3ccccc3[nH]2)c2cc(F)ccc2O)cc(-c2ccc(N3CCC(N)CC3)cc2)c1. The molecule has 1 saturated heterocycles. The molecule has 0 unspecified atom stereocenters. The minimum atomic E-state index is -0.883. The van der Waals surface area contributed by atoms with E-state index in [-0.39, 0.29) is 22.9 Å². The second-order valence-corrected chi connectivity index (χ2v) is 10.7. The van der Waals surface area contributed by atoms with Crippen molar-refractivity contribution in [2.45, 2.75) is 24.9 Å². The van der Waals surface area contributed by atoms with Gasteiger partial charge in [-0.25, -0.2) is 4.39 Å². The lowest BCUT2D eigenvalue weighted by atomic mass is 9.98. The maximum absolute atomic E-state index is 14.3. The van der Waals surface area contributed by atoms with Crippen molar-refractivity contribution < 1.29 is 14.3 Å². The van der Waals surface area contributed by atoms with Crippen LogP contribution in [-0.4, -0.2) is 35.1 Å². The number of amides is 1. The van der Waals surface area contributed by atoms with Gasteiger partial charge in [0.2, 0.25) is 0 Å². The van der Waals surface area contributed by atoms with Gasteiger partial charge < -0.3 is 26.0 Å². The molecule has 0 bridgehead atoms. The van der Waals surface area contributed by atoms with Crippen LogP contribution in [0.4, 0.5) is 10.1 Å². The zero-order chi connectivity index (χ0) is 29.2. The van der Waals surface area contributed by atoms with Crippen LogP contribution in [0.5, 0.6) is 5.75 Å². The molecule has 0 spiro atoms. The average molecular weight is 560 g/mol. The summed E-state index contributed by atoms with van der Waals surface area (Å²) in [5, 5.41) is 24.3. The highest BCUT2D eigenvalue weighted by Gasteiger charge is 2.24. The maximum Gasteiger partial charge on any atom is 0.252 e. The molecule has 42 heavy (non-hydrogen) atoms. The number of anilines is 1. The summed E-state index contributed by atoms with van der Waals surface area (Å²) in [5.74, 6) is -1.16.